The van der Waals surface area contributed by atoms with Crippen LogP contribution in [0.15, 0.2) is 11.2 Å². The molecule has 0 bridgehead atoms. The summed E-state index contributed by atoms with van der Waals surface area (Å²) in [7, 11) is -0.606. The van der Waals surface area contributed by atoms with Crippen LogP contribution < -0.4 is 0 Å². The quantitative estimate of drug-likeness (QED) is 0.511. The van der Waals surface area contributed by atoms with E-state index in [0.29, 0.717) is 0 Å². The zero-order valence-corrected chi connectivity index (χ0v) is 10.7. The van der Waals surface area contributed by atoms with Crippen molar-refractivity contribution >= 4 is 20.8 Å². The molecule has 0 aromatic heterocycles. The van der Waals surface area contributed by atoms with Crippen LogP contribution in [0.3, 0.4) is 0 Å². The van der Waals surface area contributed by atoms with Gasteiger partial charge in [-0.25, -0.2) is 0 Å². The molecule has 1 radical (unpaired) electrons. The third-order valence-corrected chi connectivity index (χ3v) is 2.86. The molecule has 3 heteroatoms. The lowest BCUT2D eigenvalue weighted by atomic mass is 10.3. The van der Waals surface area contributed by atoms with E-state index in [1.54, 1.807) is 11.8 Å². The van der Waals surface area contributed by atoms with E-state index in [9.17, 15) is 0 Å². The summed E-state index contributed by atoms with van der Waals surface area (Å²) >= 11 is 1.79. The van der Waals surface area contributed by atoms with Gasteiger partial charge in [0.25, 0.3) is 9.04 Å². The van der Waals surface area contributed by atoms with Crippen molar-refractivity contribution in [1.82, 2.24) is 0 Å². The van der Waals surface area contributed by atoms with Crippen LogP contribution in [-0.2, 0) is 4.43 Å². The maximum atomic E-state index is 5.70. The van der Waals surface area contributed by atoms with Crippen LogP contribution >= 0.6 is 11.8 Å². The predicted octanol–water partition coefficient (Wildman–Crippen LogP) is 3.65. The number of thioether (sulfide) groups is 1. The van der Waals surface area contributed by atoms with E-state index in [0.717, 1.165) is 5.09 Å². The summed E-state index contributed by atoms with van der Waals surface area (Å²) in [5, 5.41) is 1.07. The highest BCUT2D eigenvalue weighted by Crippen LogP contribution is 2.31. The highest BCUT2D eigenvalue weighted by Gasteiger charge is 2.15. The van der Waals surface area contributed by atoms with Crippen LogP contribution in [0.4, 0.5) is 0 Å². The van der Waals surface area contributed by atoms with Gasteiger partial charge in [0.2, 0.25) is 0 Å². The van der Waals surface area contributed by atoms with Gasteiger partial charge in [-0.1, -0.05) is 32.5 Å². The van der Waals surface area contributed by atoms with Crippen molar-refractivity contribution in [2.45, 2.75) is 45.5 Å². The summed E-state index contributed by atoms with van der Waals surface area (Å²) < 4.78 is 5.95. The predicted molar refractivity (Wildman–Crippen MR) is 59.7 cm³/mol. The third-order valence-electron chi connectivity index (χ3n) is 0.947. The summed E-state index contributed by atoms with van der Waals surface area (Å²) in [6.07, 6.45) is 2.05. The molecule has 0 saturated heterocycles. The summed E-state index contributed by atoms with van der Waals surface area (Å²) in [4.78, 5) is 0. The van der Waals surface area contributed by atoms with Crippen molar-refractivity contribution in [1.29, 1.82) is 0 Å². The smallest absolute Gasteiger partial charge is 0.275 e. The maximum absolute atomic E-state index is 5.70. The molecule has 0 unspecified atom stereocenters. The van der Waals surface area contributed by atoms with Crippen LogP contribution in [0.2, 0.25) is 13.1 Å². The third kappa shape index (κ3) is 6.79. The van der Waals surface area contributed by atoms with Crippen molar-refractivity contribution in [3.05, 3.63) is 11.2 Å². The summed E-state index contributed by atoms with van der Waals surface area (Å²) in [5.41, 5.74) is 0. The molecular formula is C9H19OSSi. The molecule has 0 aromatic carbocycles. The standard InChI is InChI=1S/C9H19OSSi/c1-7-8(10-12(5)6)11-9(2,3)4/h7H,1-6H3/b8-7+. The van der Waals surface area contributed by atoms with E-state index < -0.39 is 9.04 Å². The zero-order valence-electron chi connectivity index (χ0n) is 8.89. The summed E-state index contributed by atoms with van der Waals surface area (Å²) in [6.45, 7) is 12.9. The Labute approximate surface area is 82.3 Å². The normalized spacial score (nSPS) is 13.8. The largest absolute Gasteiger partial charge is 0.538 e. The highest BCUT2D eigenvalue weighted by molar-refractivity contribution is 8.04. The molecule has 0 aliphatic rings. The van der Waals surface area contributed by atoms with Gasteiger partial charge in [-0.2, -0.15) is 0 Å². The van der Waals surface area contributed by atoms with E-state index >= 15 is 0 Å². The molecule has 0 aliphatic heterocycles. The Kier molecular flexibility index (Phi) is 5.02. The van der Waals surface area contributed by atoms with Gasteiger partial charge in [0.05, 0.1) is 0 Å². The van der Waals surface area contributed by atoms with Gasteiger partial charge in [-0.3, -0.25) is 0 Å². The van der Waals surface area contributed by atoms with Gasteiger partial charge in [0.15, 0.2) is 0 Å². The molecule has 1 nitrogen and oxygen atoms in total. The first-order valence-electron chi connectivity index (χ1n) is 4.18. The molecule has 0 amide bonds. The Morgan fingerprint density at radius 2 is 1.83 bits per heavy atom. The molecular weight excluding hydrogens is 184 g/mol. The minimum atomic E-state index is -0.606. The molecule has 0 saturated carbocycles. The molecule has 0 aromatic rings. The molecule has 0 spiro atoms. The first kappa shape index (κ1) is 12.1. The number of hydrogen-bond donors (Lipinski definition) is 0. The van der Waals surface area contributed by atoms with E-state index in [-0.39, 0.29) is 4.75 Å². The molecule has 0 atom stereocenters. The van der Waals surface area contributed by atoms with Gasteiger partial charge in [-0.15, -0.1) is 0 Å². The Morgan fingerprint density at radius 1 is 1.33 bits per heavy atom. The molecule has 0 heterocycles. The lowest BCUT2D eigenvalue weighted by Crippen LogP contribution is -2.12. The SMILES string of the molecule is C/C=C(\O[Si](C)C)SC(C)(C)C. The minimum absolute atomic E-state index is 0.249. The van der Waals surface area contributed by atoms with Gasteiger partial charge in [-0.05, 0) is 26.1 Å². The van der Waals surface area contributed by atoms with Crippen molar-refractivity contribution in [3.63, 3.8) is 0 Å². The first-order valence-corrected chi connectivity index (χ1v) is 7.41. The second-order valence-corrected chi connectivity index (χ2v) is 7.68. The molecule has 0 aliphatic carbocycles. The number of rotatable bonds is 3. The first-order chi connectivity index (χ1) is 5.35. The fourth-order valence-electron chi connectivity index (χ4n) is 0.642. The average molecular weight is 203 g/mol. The minimum Gasteiger partial charge on any atom is -0.538 e. The van der Waals surface area contributed by atoms with Crippen molar-refractivity contribution < 1.29 is 4.43 Å². The zero-order chi connectivity index (χ0) is 9.78. The number of allylic oxidation sites excluding steroid dienone is 1. The maximum Gasteiger partial charge on any atom is 0.275 e. The Hall–Kier alpha value is 0.107. The van der Waals surface area contributed by atoms with E-state index in [1.807, 2.05) is 13.0 Å². The van der Waals surface area contributed by atoms with Crippen molar-refractivity contribution in [2.24, 2.45) is 0 Å². The Balaban J connectivity index is 4.03. The van der Waals surface area contributed by atoms with Gasteiger partial charge >= 0.3 is 0 Å². The van der Waals surface area contributed by atoms with E-state index in [2.05, 4.69) is 33.9 Å². The van der Waals surface area contributed by atoms with Gasteiger partial charge < -0.3 is 4.43 Å². The Bertz CT molecular complexity index is 158. The number of hydrogen-bond acceptors (Lipinski definition) is 2. The highest BCUT2D eigenvalue weighted by atomic mass is 32.2. The summed E-state index contributed by atoms with van der Waals surface area (Å²) in [6, 6.07) is 0. The van der Waals surface area contributed by atoms with Gasteiger partial charge in [0, 0.05) is 4.75 Å². The molecule has 0 fully saturated rings. The fraction of sp³-hybridized carbons (Fsp3) is 0.778. The van der Waals surface area contributed by atoms with Crippen molar-refractivity contribution in [3.8, 4) is 0 Å². The van der Waals surface area contributed by atoms with Crippen LogP contribution in [0.5, 0.6) is 0 Å². The monoisotopic (exact) mass is 203 g/mol. The second-order valence-electron chi connectivity index (χ2n) is 3.83. The van der Waals surface area contributed by atoms with Gasteiger partial charge in [0.1, 0.15) is 5.09 Å². The van der Waals surface area contributed by atoms with Crippen molar-refractivity contribution in [2.75, 3.05) is 0 Å². The lowest BCUT2D eigenvalue weighted by molar-refractivity contribution is 0.481. The summed E-state index contributed by atoms with van der Waals surface area (Å²) in [5.74, 6) is 0. The van der Waals surface area contributed by atoms with Crippen LogP contribution in [0, 0.1) is 0 Å². The fourth-order valence-corrected chi connectivity index (χ4v) is 2.55. The van der Waals surface area contributed by atoms with Crippen LogP contribution in [0.25, 0.3) is 0 Å². The average Bonchev–Trinajstić information content (AvgIpc) is 1.82. The topological polar surface area (TPSA) is 9.23 Å². The molecule has 0 N–H and O–H groups in total. The van der Waals surface area contributed by atoms with E-state index in [4.69, 9.17) is 4.43 Å². The van der Waals surface area contributed by atoms with Crippen LogP contribution in [0.1, 0.15) is 27.7 Å². The lowest BCUT2D eigenvalue weighted by Gasteiger charge is -2.21. The van der Waals surface area contributed by atoms with E-state index in [1.165, 1.54) is 0 Å². The Morgan fingerprint density at radius 3 is 2.08 bits per heavy atom. The molecule has 71 valence electrons. The molecule has 12 heavy (non-hydrogen) atoms. The molecule has 0 rings (SSSR count). The second kappa shape index (κ2) is 4.97. The van der Waals surface area contributed by atoms with Crippen LogP contribution in [-0.4, -0.2) is 13.8 Å².